The van der Waals surface area contributed by atoms with Crippen LogP contribution in [0.2, 0.25) is 0 Å². The molecule has 1 N–H and O–H groups in total. The molecule has 3 rings (SSSR count). The predicted molar refractivity (Wildman–Crippen MR) is 93.6 cm³/mol. The highest BCUT2D eigenvalue weighted by Gasteiger charge is 2.24. The van der Waals surface area contributed by atoms with Crippen LogP contribution in [0.1, 0.15) is 41.3 Å². The Kier molecular flexibility index (Phi) is 5.04. The third-order valence-electron chi connectivity index (χ3n) is 3.92. The number of ether oxygens (including phenoxy) is 2. The molecule has 4 heteroatoms. The zero-order valence-electron chi connectivity index (χ0n) is 14.2. The first-order valence-corrected chi connectivity index (χ1v) is 8.41. The molecule has 1 aliphatic rings. The van der Waals surface area contributed by atoms with Crippen LogP contribution in [-0.2, 0) is 6.61 Å². The summed E-state index contributed by atoms with van der Waals surface area (Å²) >= 11 is 0. The van der Waals surface area contributed by atoms with E-state index < -0.39 is 0 Å². The van der Waals surface area contributed by atoms with Crippen LogP contribution in [0.3, 0.4) is 0 Å². The van der Waals surface area contributed by atoms with Gasteiger partial charge in [0.25, 0.3) is 5.91 Å². The summed E-state index contributed by atoms with van der Waals surface area (Å²) in [6.45, 7) is 4.91. The van der Waals surface area contributed by atoms with E-state index in [1.54, 1.807) is 6.07 Å². The van der Waals surface area contributed by atoms with Crippen molar-refractivity contribution in [3.63, 3.8) is 0 Å². The number of amides is 1. The molecule has 1 amide bonds. The minimum Gasteiger partial charge on any atom is -0.493 e. The zero-order valence-corrected chi connectivity index (χ0v) is 14.2. The lowest BCUT2D eigenvalue weighted by Gasteiger charge is -2.13. The molecule has 2 aromatic carbocycles. The van der Waals surface area contributed by atoms with Gasteiger partial charge in [-0.05, 0) is 62.6 Å². The highest BCUT2D eigenvalue weighted by Crippen LogP contribution is 2.24. The van der Waals surface area contributed by atoms with Crippen molar-refractivity contribution in [2.75, 3.05) is 6.61 Å². The first kappa shape index (κ1) is 16.4. The van der Waals surface area contributed by atoms with Gasteiger partial charge in [0.15, 0.2) is 0 Å². The van der Waals surface area contributed by atoms with E-state index in [2.05, 4.69) is 5.32 Å². The van der Waals surface area contributed by atoms with Gasteiger partial charge in [0, 0.05) is 17.2 Å². The molecule has 4 nitrogen and oxygen atoms in total. The molecule has 1 saturated carbocycles. The Labute approximate surface area is 142 Å². The maximum absolute atomic E-state index is 12.2. The van der Waals surface area contributed by atoms with Gasteiger partial charge in [-0.15, -0.1) is 0 Å². The fourth-order valence-electron chi connectivity index (χ4n) is 2.49. The zero-order chi connectivity index (χ0) is 16.9. The molecule has 0 bridgehead atoms. The van der Waals surface area contributed by atoms with Crippen LogP contribution in [0.15, 0.2) is 42.5 Å². The van der Waals surface area contributed by atoms with Crippen LogP contribution in [-0.4, -0.2) is 18.6 Å². The van der Waals surface area contributed by atoms with Crippen molar-refractivity contribution in [2.45, 2.75) is 39.3 Å². The number of nitrogens with one attached hydrogen (secondary N) is 1. The van der Waals surface area contributed by atoms with Crippen molar-refractivity contribution in [1.82, 2.24) is 5.32 Å². The second-order valence-corrected chi connectivity index (χ2v) is 6.11. The number of benzene rings is 2. The van der Waals surface area contributed by atoms with Gasteiger partial charge in [-0.3, -0.25) is 4.79 Å². The number of rotatable bonds is 7. The lowest BCUT2D eigenvalue weighted by Crippen LogP contribution is -2.25. The quantitative estimate of drug-likeness (QED) is 0.841. The molecule has 0 spiro atoms. The average Bonchev–Trinajstić information content (AvgIpc) is 3.38. The van der Waals surface area contributed by atoms with E-state index in [9.17, 15) is 4.79 Å². The van der Waals surface area contributed by atoms with E-state index in [1.807, 2.05) is 50.2 Å². The summed E-state index contributed by atoms with van der Waals surface area (Å²) in [6.07, 6.45) is 2.15. The van der Waals surface area contributed by atoms with Crippen LogP contribution in [0.25, 0.3) is 0 Å². The van der Waals surface area contributed by atoms with Crippen LogP contribution < -0.4 is 14.8 Å². The summed E-state index contributed by atoms with van der Waals surface area (Å²) in [5, 5.41) is 3.01. The van der Waals surface area contributed by atoms with Gasteiger partial charge in [0.2, 0.25) is 0 Å². The maximum Gasteiger partial charge on any atom is 0.251 e. The van der Waals surface area contributed by atoms with Gasteiger partial charge in [-0.2, -0.15) is 0 Å². The fraction of sp³-hybridized carbons (Fsp3) is 0.350. The number of carbonyl (C=O) groups excluding carboxylic acids is 1. The van der Waals surface area contributed by atoms with Crippen molar-refractivity contribution in [3.8, 4) is 11.5 Å². The van der Waals surface area contributed by atoms with Crippen molar-refractivity contribution in [3.05, 3.63) is 59.2 Å². The van der Waals surface area contributed by atoms with Crippen molar-refractivity contribution in [1.29, 1.82) is 0 Å². The van der Waals surface area contributed by atoms with Crippen LogP contribution in [0.5, 0.6) is 11.5 Å². The van der Waals surface area contributed by atoms with E-state index in [0.29, 0.717) is 24.8 Å². The summed E-state index contributed by atoms with van der Waals surface area (Å²) in [4.78, 5) is 12.2. The van der Waals surface area contributed by atoms with E-state index in [4.69, 9.17) is 9.47 Å². The highest BCUT2D eigenvalue weighted by molar-refractivity contribution is 5.95. The number of hydrogen-bond donors (Lipinski definition) is 1. The van der Waals surface area contributed by atoms with Crippen molar-refractivity contribution >= 4 is 5.91 Å². The molecule has 0 atom stereocenters. The molecule has 1 aliphatic carbocycles. The van der Waals surface area contributed by atoms with Gasteiger partial charge >= 0.3 is 0 Å². The van der Waals surface area contributed by atoms with Gasteiger partial charge in [-0.1, -0.05) is 12.1 Å². The summed E-state index contributed by atoms with van der Waals surface area (Å²) in [7, 11) is 0. The van der Waals surface area contributed by atoms with E-state index in [-0.39, 0.29) is 5.91 Å². The Hall–Kier alpha value is -2.49. The van der Waals surface area contributed by atoms with E-state index >= 15 is 0 Å². The van der Waals surface area contributed by atoms with E-state index in [1.165, 1.54) is 0 Å². The van der Waals surface area contributed by atoms with Crippen LogP contribution >= 0.6 is 0 Å². The monoisotopic (exact) mass is 325 g/mol. The highest BCUT2D eigenvalue weighted by atomic mass is 16.5. The third kappa shape index (κ3) is 4.28. The Balaban J connectivity index is 1.75. The summed E-state index contributed by atoms with van der Waals surface area (Å²) < 4.78 is 11.5. The summed E-state index contributed by atoms with van der Waals surface area (Å²) in [6, 6.07) is 13.8. The Bertz CT molecular complexity index is 723. The molecule has 0 saturated heterocycles. The molecule has 24 heavy (non-hydrogen) atoms. The van der Waals surface area contributed by atoms with Crippen molar-refractivity contribution < 1.29 is 14.3 Å². The molecule has 0 aromatic heterocycles. The molecular formula is C20H23NO3. The van der Waals surface area contributed by atoms with E-state index in [0.717, 1.165) is 35.5 Å². The molecule has 1 fully saturated rings. The first-order chi connectivity index (χ1) is 11.7. The topological polar surface area (TPSA) is 47.6 Å². The Morgan fingerprint density at radius 3 is 2.71 bits per heavy atom. The normalized spacial score (nSPS) is 13.4. The smallest absolute Gasteiger partial charge is 0.251 e. The lowest BCUT2D eigenvalue weighted by atomic mass is 10.1. The van der Waals surface area contributed by atoms with Crippen LogP contribution in [0.4, 0.5) is 0 Å². The predicted octanol–water partition coefficient (Wildman–Crippen LogP) is 3.86. The number of aryl methyl sites for hydroxylation is 1. The third-order valence-corrected chi connectivity index (χ3v) is 3.92. The molecule has 0 unspecified atom stereocenters. The van der Waals surface area contributed by atoms with Gasteiger partial charge < -0.3 is 14.8 Å². The standard InChI is InChI=1S/C20H23NO3/c1-3-23-19-10-7-15(20(22)21-17-8-9-17)12-16(19)13-24-18-6-4-5-14(2)11-18/h4-7,10-12,17H,3,8-9,13H2,1-2H3,(H,21,22). The van der Waals surface area contributed by atoms with Crippen molar-refractivity contribution in [2.24, 2.45) is 0 Å². The molecule has 0 heterocycles. The molecular weight excluding hydrogens is 302 g/mol. The molecule has 0 radical (unpaired) electrons. The average molecular weight is 325 g/mol. The minimum atomic E-state index is -0.0302. The second-order valence-electron chi connectivity index (χ2n) is 6.11. The number of hydrogen-bond acceptors (Lipinski definition) is 3. The summed E-state index contributed by atoms with van der Waals surface area (Å²) in [5.74, 6) is 1.54. The van der Waals surface area contributed by atoms with Gasteiger partial charge in [0.05, 0.1) is 6.61 Å². The summed E-state index contributed by atoms with van der Waals surface area (Å²) in [5.41, 5.74) is 2.67. The number of carbonyl (C=O) groups is 1. The largest absolute Gasteiger partial charge is 0.493 e. The Morgan fingerprint density at radius 1 is 1.17 bits per heavy atom. The fourth-order valence-corrected chi connectivity index (χ4v) is 2.49. The van der Waals surface area contributed by atoms with Gasteiger partial charge in [0.1, 0.15) is 18.1 Å². The minimum absolute atomic E-state index is 0.0302. The van der Waals surface area contributed by atoms with Crippen LogP contribution in [0, 0.1) is 6.92 Å². The molecule has 126 valence electrons. The second kappa shape index (κ2) is 7.39. The molecule has 0 aliphatic heterocycles. The lowest BCUT2D eigenvalue weighted by molar-refractivity contribution is 0.0951. The maximum atomic E-state index is 12.2. The molecule has 2 aromatic rings. The SMILES string of the molecule is CCOc1ccc(C(=O)NC2CC2)cc1COc1cccc(C)c1. The first-order valence-electron chi connectivity index (χ1n) is 8.41. The Morgan fingerprint density at radius 2 is 2.00 bits per heavy atom. The van der Waals surface area contributed by atoms with Gasteiger partial charge in [-0.25, -0.2) is 0 Å².